The van der Waals surface area contributed by atoms with Crippen LogP contribution >= 0.6 is 0 Å². The van der Waals surface area contributed by atoms with Crippen molar-refractivity contribution in [3.8, 4) is 17.2 Å². The molecule has 1 aliphatic rings. The quantitative estimate of drug-likeness (QED) is 0.399. The Kier molecular flexibility index (Phi) is 5.94. The van der Waals surface area contributed by atoms with Crippen molar-refractivity contribution >= 4 is 11.7 Å². The molecule has 0 aliphatic carbocycles. The number of hydrogen-bond donors (Lipinski definition) is 1. The van der Waals surface area contributed by atoms with Crippen molar-refractivity contribution in [3.05, 3.63) is 101 Å². The maximum atomic E-state index is 14.2. The van der Waals surface area contributed by atoms with E-state index in [0.29, 0.717) is 28.6 Å². The van der Waals surface area contributed by atoms with Gasteiger partial charge in [-0.2, -0.15) is 5.10 Å². The number of anilines is 1. The monoisotopic (exact) mass is 475 g/mol. The second-order valence-corrected chi connectivity index (χ2v) is 8.30. The Morgan fingerprint density at radius 1 is 1.06 bits per heavy atom. The fourth-order valence-electron chi connectivity index (χ4n) is 4.47. The second kappa shape index (κ2) is 9.21. The van der Waals surface area contributed by atoms with Gasteiger partial charge in [0.2, 0.25) is 5.91 Å². The number of para-hydroxylation sites is 1. The fraction of sp³-hybridized carbons (Fsp3) is 0.185. The Balaban J connectivity index is 1.59. The number of aryl methyl sites for hydroxylation is 1. The molecule has 1 atom stereocenters. The van der Waals surface area contributed by atoms with Crippen molar-refractivity contribution in [1.29, 1.82) is 0 Å². The maximum Gasteiger partial charge on any atom is 0.226 e. The van der Waals surface area contributed by atoms with Crippen LogP contribution in [-0.4, -0.2) is 22.8 Å². The molecule has 0 bridgehead atoms. The highest BCUT2D eigenvalue weighted by atomic mass is 19.1. The molecule has 0 radical (unpaired) electrons. The van der Waals surface area contributed by atoms with Crippen LogP contribution in [0, 0.1) is 18.6 Å². The molecular formula is C27H23F2N3O3. The van der Waals surface area contributed by atoms with E-state index >= 15 is 0 Å². The molecule has 1 aromatic heterocycles. The molecule has 8 heteroatoms. The number of benzene rings is 3. The average molecular weight is 475 g/mol. The molecule has 0 saturated heterocycles. The van der Waals surface area contributed by atoms with Gasteiger partial charge in [0.25, 0.3) is 0 Å². The smallest absolute Gasteiger partial charge is 0.226 e. The molecule has 1 amide bonds. The first-order valence-corrected chi connectivity index (χ1v) is 11.1. The highest BCUT2D eigenvalue weighted by Gasteiger charge is 2.35. The number of amides is 1. The molecule has 4 aromatic rings. The summed E-state index contributed by atoms with van der Waals surface area (Å²) in [5.41, 5.74) is 3.32. The largest absolute Gasteiger partial charge is 0.493 e. The van der Waals surface area contributed by atoms with E-state index in [1.54, 1.807) is 41.1 Å². The van der Waals surface area contributed by atoms with E-state index in [0.717, 1.165) is 16.8 Å². The lowest BCUT2D eigenvalue weighted by molar-refractivity contribution is -0.116. The van der Waals surface area contributed by atoms with E-state index in [4.69, 9.17) is 9.47 Å². The Morgan fingerprint density at radius 3 is 2.57 bits per heavy atom. The van der Waals surface area contributed by atoms with Crippen molar-refractivity contribution in [3.63, 3.8) is 0 Å². The van der Waals surface area contributed by atoms with Gasteiger partial charge in [0, 0.05) is 29.0 Å². The summed E-state index contributed by atoms with van der Waals surface area (Å²) in [6.45, 7) is 1.86. The van der Waals surface area contributed by atoms with Crippen LogP contribution in [0.4, 0.5) is 14.6 Å². The summed E-state index contributed by atoms with van der Waals surface area (Å²) in [7, 11) is 1.53. The first-order chi connectivity index (χ1) is 17.0. The van der Waals surface area contributed by atoms with Crippen LogP contribution in [0.25, 0.3) is 5.69 Å². The SMILES string of the molecule is COc1cccc(C2CC(=O)Nc3c2c(C)nn3-c2ccc(F)cc2)c1OCc1ccccc1F. The molecule has 1 N–H and O–H groups in total. The average Bonchev–Trinajstić information content (AvgIpc) is 3.19. The lowest BCUT2D eigenvalue weighted by atomic mass is 9.85. The number of halogens is 2. The molecule has 6 nitrogen and oxygen atoms in total. The Morgan fingerprint density at radius 2 is 1.83 bits per heavy atom. The van der Waals surface area contributed by atoms with Crippen LogP contribution in [0.2, 0.25) is 0 Å². The second-order valence-electron chi connectivity index (χ2n) is 8.30. The number of methoxy groups -OCH3 is 1. The summed E-state index contributed by atoms with van der Waals surface area (Å²) < 4.78 is 41.0. The minimum Gasteiger partial charge on any atom is -0.493 e. The van der Waals surface area contributed by atoms with Crippen LogP contribution in [0.3, 0.4) is 0 Å². The lowest BCUT2D eigenvalue weighted by Crippen LogP contribution is -2.25. The van der Waals surface area contributed by atoms with E-state index in [1.807, 2.05) is 19.1 Å². The van der Waals surface area contributed by atoms with Crippen LogP contribution in [0.5, 0.6) is 11.5 Å². The van der Waals surface area contributed by atoms with Crippen molar-refractivity contribution in [1.82, 2.24) is 9.78 Å². The highest BCUT2D eigenvalue weighted by Crippen LogP contribution is 2.46. The van der Waals surface area contributed by atoms with Gasteiger partial charge in [-0.25, -0.2) is 13.5 Å². The summed E-state index contributed by atoms with van der Waals surface area (Å²) >= 11 is 0. The molecule has 3 aromatic carbocycles. The van der Waals surface area contributed by atoms with Gasteiger partial charge in [-0.05, 0) is 43.3 Å². The minimum atomic E-state index is -0.376. The number of rotatable bonds is 6. The summed E-state index contributed by atoms with van der Waals surface area (Å²) in [6.07, 6.45) is 0.173. The molecule has 0 spiro atoms. The van der Waals surface area contributed by atoms with Crippen molar-refractivity contribution < 1.29 is 23.0 Å². The van der Waals surface area contributed by atoms with Gasteiger partial charge < -0.3 is 14.8 Å². The van der Waals surface area contributed by atoms with Crippen molar-refractivity contribution in [2.45, 2.75) is 25.9 Å². The Bertz CT molecular complexity index is 1400. The number of aromatic nitrogens is 2. The van der Waals surface area contributed by atoms with Crippen LogP contribution in [-0.2, 0) is 11.4 Å². The van der Waals surface area contributed by atoms with Gasteiger partial charge in [-0.1, -0.05) is 30.3 Å². The molecule has 178 valence electrons. The molecule has 0 saturated carbocycles. The normalized spacial score (nSPS) is 14.9. The third kappa shape index (κ3) is 4.23. The molecule has 5 rings (SSSR count). The Hall–Kier alpha value is -4.20. The van der Waals surface area contributed by atoms with Crippen LogP contribution < -0.4 is 14.8 Å². The number of carbonyl (C=O) groups is 1. The number of nitrogens with one attached hydrogen (secondary N) is 1. The molecule has 0 fully saturated rings. The van der Waals surface area contributed by atoms with E-state index < -0.39 is 0 Å². The van der Waals surface area contributed by atoms with Gasteiger partial charge in [-0.3, -0.25) is 4.79 Å². The number of carbonyl (C=O) groups excluding carboxylic acids is 1. The molecule has 1 unspecified atom stereocenters. The minimum absolute atomic E-state index is 0.000353. The highest BCUT2D eigenvalue weighted by molar-refractivity contribution is 5.95. The predicted octanol–water partition coefficient (Wildman–Crippen LogP) is 5.52. The lowest BCUT2D eigenvalue weighted by Gasteiger charge is -2.26. The van der Waals surface area contributed by atoms with Crippen molar-refractivity contribution in [2.75, 3.05) is 12.4 Å². The molecular weight excluding hydrogens is 452 g/mol. The van der Waals surface area contributed by atoms with E-state index in [2.05, 4.69) is 10.4 Å². The van der Waals surface area contributed by atoms with Gasteiger partial charge in [-0.15, -0.1) is 0 Å². The zero-order valence-corrected chi connectivity index (χ0v) is 19.2. The first kappa shape index (κ1) is 22.6. The third-order valence-corrected chi connectivity index (χ3v) is 6.11. The summed E-state index contributed by atoms with van der Waals surface area (Å²) in [5, 5.41) is 7.56. The fourth-order valence-corrected chi connectivity index (χ4v) is 4.47. The van der Waals surface area contributed by atoms with E-state index in [-0.39, 0.29) is 36.5 Å². The van der Waals surface area contributed by atoms with E-state index in [1.165, 1.54) is 25.3 Å². The van der Waals surface area contributed by atoms with Gasteiger partial charge in [0.05, 0.1) is 18.5 Å². The number of nitrogens with zero attached hydrogens (tertiary/aromatic N) is 2. The maximum absolute atomic E-state index is 14.2. The number of fused-ring (bicyclic) bond motifs is 1. The van der Waals surface area contributed by atoms with E-state index in [9.17, 15) is 13.6 Å². The first-order valence-electron chi connectivity index (χ1n) is 11.1. The summed E-state index contributed by atoms with van der Waals surface area (Å²) in [6, 6.07) is 17.8. The molecule has 1 aliphatic heterocycles. The summed E-state index contributed by atoms with van der Waals surface area (Å²) in [4.78, 5) is 12.8. The third-order valence-electron chi connectivity index (χ3n) is 6.11. The zero-order chi connectivity index (χ0) is 24.5. The molecule has 2 heterocycles. The summed E-state index contributed by atoms with van der Waals surface area (Å²) in [5.74, 6) is 0.166. The number of hydrogen-bond acceptors (Lipinski definition) is 4. The van der Waals surface area contributed by atoms with Crippen LogP contribution in [0.1, 0.15) is 34.7 Å². The van der Waals surface area contributed by atoms with Gasteiger partial charge in [0.15, 0.2) is 11.5 Å². The van der Waals surface area contributed by atoms with Crippen LogP contribution in [0.15, 0.2) is 66.7 Å². The molecule has 35 heavy (non-hydrogen) atoms. The van der Waals surface area contributed by atoms with Crippen molar-refractivity contribution in [2.24, 2.45) is 0 Å². The Labute approximate surface area is 201 Å². The predicted molar refractivity (Wildman–Crippen MR) is 127 cm³/mol. The standard InChI is InChI=1S/C27H23F2N3O3/c1-16-25-21(14-24(33)30-27(25)32(31-16)19-12-10-18(28)11-13-19)20-7-5-9-23(34-2)26(20)35-15-17-6-3-4-8-22(17)29/h3-13,21H,14-15H2,1-2H3,(H,30,33). The van der Waals surface area contributed by atoms with Gasteiger partial charge in [0.1, 0.15) is 24.1 Å². The number of ether oxygens (including phenoxy) is 2. The topological polar surface area (TPSA) is 65.4 Å². The van der Waals surface area contributed by atoms with Gasteiger partial charge >= 0.3 is 0 Å². The zero-order valence-electron chi connectivity index (χ0n) is 19.2.